The van der Waals surface area contributed by atoms with Gasteiger partial charge in [0.05, 0.1) is 23.4 Å². The van der Waals surface area contributed by atoms with E-state index in [1.807, 2.05) is 19.1 Å². The van der Waals surface area contributed by atoms with Crippen LogP contribution in [0.4, 0.5) is 5.69 Å². The van der Waals surface area contributed by atoms with E-state index in [2.05, 4.69) is 0 Å². The Morgan fingerprint density at radius 2 is 1.79 bits per heavy atom. The number of nitro benzene ring substituents is 1. The summed E-state index contributed by atoms with van der Waals surface area (Å²) in [7, 11) is 0. The standard InChI is InChI=1S/C17H15N3O4/c1-12-4-2-3-5-15(12)19-16(21)11-18(17(19)22)10-13-6-8-14(9-7-13)20(23)24/h2-9,11,21H,10H2,1H3. The number of benzene rings is 2. The summed E-state index contributed by atoms with van der Waals surface area (Å²) in [6.45, 7) is 2.07. The summed E-state index contributed by atoms with van der Waals surface area (Å²) >= 11 is 0. The molecule has 7 heteroatoms. The van der Waals surface area contributed by atoms with Crippen molar-refractivity contribution in [3.8, 4) is 11.6 Å². The fourth-order valence-electron chi connectivity index (χ4n) is 2.55. The van der Waals surface area contributed by atoms with Gasteiger partial charge in [0.2, 0.25) is 5.88 Å². The van der Waals surface area contributed by atoms with Crippen LogP contribution in [0.25, 0.3) is 5.69 Å². The number of aromatic nitrogens is 2. The van der Waals surface area contributed by atoms with Crippen LogP contribution >= 0.6 is 0 Å². The Hall–Kier alpha value is -3.35. The van der Waals surface area contributed by atoms with E-state index in [0.29, 0.717) is 5.69 Å². The number of nitro groups is 1. The minimum absolute atomic E-state index is 0.00794. The van der Waals surface area contributed by atoms with Gasteiger partial charge < -0.3 is 5.11 Å². The predicted molar refractivity (Wildman–Crippen MR) is 88.6 cm³/mol. The molecule has 3 aromatic rings. The molecule has 0 saturated heterocycles. The zero-order chi connectivity index (χ0) is 17.3. The Labute approximate surface area is 137 Å². The molecule has 0 atom stereocenters. The Bertz CT molecular complexity index is 955. The Balaban J connectivity index is 1.96. The number of nitrogens with zero attached hydrogens (tertiary/aromatic N) is 3. The van der Waals surface area contributed by atoms with Crippen LogP contribution in [0.1, 0.15) is 11.1 Å². The number of para-hydroxylation sites is 1. The van der Waals surface area contributed by atoms with Crippen molar-refractivity contribution in [2.24, 2.45) is 0 Å². The van der Waals surface area contributed by atoms with Crippen LogP contribution in [0.5, 0.6) is 5.88 Å². The SMILES string of the molecule is Cc1ccccc1-n1c(O)cn(Cc2ccc([N+](=O)[O-])cc2)c1=O. The molecule has 122 valence electrons. The van der Waals surface area contributed by atoms with Gasteiger partial charge in [0, 0.05) is 12.1 Å². The summed E-state index contributed by atoms with van der Waals surface area (Å²) in [6.07, 6.45) is 1.36. The molecule has 1 heterocycles. The first-order valence-electron chi connectivity index (χ1n) is 7.28. The van der Waals surface area contributed by atoms with E-state index in [0.717, 1.165) is 11.1 Å². The molecule has 0 spiro atoms. The second kappa shape index (κ2) is 6.04. The molecule has 0 radical (unpaired) electrons. The van der Waals surface area contributed by atoms with E-state index in [-0.39, 0.29) is 23.8 Å². The van der Waals surface area contributed by atoms with Gasteiger partial charge in [-0.1, -0.05) is 30.3 Å². The van der Waals surface area contributed by atoms with Gasteiger partial charge in [0.25, 0.3) is 5.69 Å². The van der Waals surface area contributed by atoms with Gasteiger partial charge >= 0.3 is 5.69 Å². The summed E-state index contributed by atoms with van der Waals surface area (Å²) in [5.74, 6) is -0.156. The third-order valence-electron chi connectivity index (χ3n) is 3.79. The Kier molecular flexibility index (Phi) is 3.91. The first kappa shape index (κ1) is 15.5. The molecule has 0 amide bonds. The highest BCUT2D eigenvalue weighted by Gasteiger charge is 2.14. The van der Waals surface area contributed by atoms with Crippen molar-refractivity contribution < 1.29 is 10.0 Å². The van der Waals surface area contributed by atoms with Crippen molar-refractivity contribution in [3.05, 3.63) is 86.5 Å². The molecule has 1 aromatic heterocycles. The molecule has 2 aromatic carbocycles. The Morgan fingerprint density at radius 3 is 2.42 bits per heavy atom. The maximum absolute atomic E-state index is 12.6. The lowest BCUT2D eigenvalue weighted by atomic mass is 10.2. The minimum Gasteiger partial charge on any atom is -0.493 e. The van der Waals surface area contributed by atoms with Crippen LogP contribution in [-0.2, 0) is 6.54 Å². The van der Waals surface area contributed by atoms with Gasteiger partial charge in [-0.05, 0) is 24.1 Å². The summed E-state index contributed by atoms with van der Waals surface area (Å²) in [6, 6.07) is 13.2. The van der Waals surface area contributed by atoms with Gasteiger partial charge in [-0.3, -0.25) is 14.7 Å². The maximum atomic E-state index is 12.6. The van der Waals surface area contributed by atoms with E-state index < -0.39 is 4.92 Å². The number of imidazole rings is 1. The average molecular weight is 325 g/mol. The van der Waals surface area contributed by atoms with Crippen LogP contribution in [0.15, 0.2) is 59.5 Å². The minimum atomic E-state index is -0.476. The lowest BCUT2D eigenvalue weighted by molar-refractivity contribution is -0.384. The summed E-state index contributed by atoms with van der Waals surface area (Å²) in [4.78, 5) is 22.8. The number of non-ortho nitro benzene ring substituents is 1. The summed E-state index contributed by atoms with van der Waals surface area (Å²) in [5.41, 5.74) is 1.82. The number of hydrogen-bond acceptors (Lipinski definition) is 4. The van der Waals surface area contributed by atoms with Crippen LogP contribution in [0, 0.1) is 17.0 Å². The van der Waals surface area contributed by atoms with Crippen LogP contribution < -0.4 is 5.69 Å². The van der Waals surface area contributed by atoms with Crippen LogP contribution in [0.3, 0.4) is 0 Å². The van der Waals surface area contributed by atoms with Crippen molar-refractivity contribution in [2.45, 2.75) is 13.5 Å². The molecule has 1 N–H and O–H groups in total. The second-order valence-corrected chi connectivity index (χ2v) is 5.44. The van der Waals surface area contributed by atoms with Gasteiger partial charge in [-0.25, -0.2) is 9.36 Å². The quantitative estimate of drug-likeness (QED) is 0.590. The Morgan fingerprint density at radius 1 is 1.12 bits per heavy atom. The maximum Gasteiger partial charge on any atom is 0.336 e. The van der Waals surface area contributed by atoms with Gasteiger partial charge in [0.1, 0.15) is 0 Å². The molecule has 7 nitrogen and oxygen atoms in total. The van der Waals surface area contributed by atoms with Gasteiger partial charge in [0.15, 0.2) is 0 Å². The molecule has 3 rings (SSSR count). The monoisotopic (exact) mass is 325 g/mol. The third kappa shape index (κ3) is 2.79. The van der Waals surface area contributed by atoms with Crippen molar-refractivity contribution >= 4 is 5.69 Å². The molecule has 24 heavy (non-hydrogen) atoms. The van der Waals surface area contributed by atoms with E-state index in [1.54, 1.807) is 24.3 Å². The molecule has 0 aliphatic rings. The van der Waals surface area contributed by atoms with Gasteiger partial charge in [-0.15, -0.1) is 0 Å². The highest BCUT2D eigenvalue weighted by Crippen LogP contribution is 2.19. The highest BCUT2D eigenvalue weighted by atomic mass is 16.6. The fraction of sp³-hybridized carbons (Fsp3) is 0.118. The first-order chi connectivity index (χ1) is 11.5. The molecule has 0 aliphatic carbocycles. The molecule has 0 saturated carbocycles. The average Bonchev–Trinajstić information content (AvgIpc) is 2.83. The third-order valence-corrected chi connectivity index (χ3v) is 3.79. The lowest BCUT2D eigenvalue weighted by Gasteiger charge is -2.06. The molecular formula is C17H15N3O4. The number of hydrogen-bond donors (Lipinski definition) is 1. The second-order valence-electron chi connectivity index (χ2n) is 5.44. The summed E-state index contributed by atoms with van der Waals surface area (Å²) < 4.78 is 2.60. The largest absolute Gasteiger partial charge is 0.493 e. The molecule has 0 bridgehead atoms. The van der Waals surface area contributed by atoms with Crippen LogP contribution in [-0.4, -0.2) is 19.2 Å². The molecular weight excluding hydrogens is 310 g/mol. The predicted octanol–water partition coefficient (Wildman–Crippen LogP) is 2.61. The molecule has 0 aliphatic heterocycles. The molecule has 0 fully saturated rings. The number of aryl methyl sites for hydroxylation is 1. The smallest absolute Gasteiger partial charge is 0.336 e. The highest BCUT2D eigenvalue weighted by molar-refractivity contribution is 5.42. The number of aromatic hydroxyl groups is 1. The zero-order valence-electron chi connectivity index (χ0n) is 12.9. The van der Waals surface area contributed by atoms with Crippen molar-refractivity contribution in [3.63, 3.8) is 0 Å². The number of rotatable bonds is 4. The van der Waals surface area contributed by atoms with Crippen molar-refractivity contribution in [2.75, 3.05) is 0 Å². The normalized spacial score (nSPS) is 10.7. The topological polar surface area (TPSA) is 90.3 Å². The van der Waals surface area contributed by atoms with Crippen molar-refractivity contribution in [1.29, 1.82) is 0 Å². The summed E-state index contributed by atoms with van der Waals surface area (Å²) in [5, 5.41) is 20.8. The fourth-order valence-corrected chi connectivity index (χ4v) is 2.55. The first-order valence-corrected chi connectivity index (χ1v) is 7.28. The van der Waals surface area contributed by atoms with E-state index in [9.17, 15) is 20.0 Å². The van der Waals surface area contributed by atoms with E-state index in [1.165, 1.54) is 27.5 Å². The lowest BCUT2D eigenvalue weighted by Crippen LogP contribution is -2.23. The molecule has 0 unspecified atom stereocenters. The van der Waals surface area contributed by atoms with Gasteiger partial charge in [-0.2, -0.15) is 0 Å². The zero-order valence-corrected chi connectivity index (χ0v) is 12.9. The van der Waals surface area contributed by atoms with Crippen molar-refractivity contribution in [1.82, 2.24) is 9.13 Å². The van der Waals surface area contributed by atoms with E-state index in [4.69, 9.17) is 0 Å². The van der Waals surface area contributed by atoms with E-state index >= 15 is 0 Å². The van der Waals surface area contributed by atoms with Crippen LogP contribution in [0.2, 0.25) is 0 Å².